The van der Waals surface area contributed by atoms with E-state index in [4.69, 9.17) is 0 Å². The van der Waals surface area contributed by atoms with E-state index in [1.807, 2.05) is 19.1 Å². The third kappa shape index (κ3) is 3.48. The van der Waals surface area contributed by atoms with Gasteiger partial charge in [0.25, 0.3) is 0 Å². The van der Waals surface area contributed by atoms with Crippen molar-refractivity contribution in [3.05, 3.63) is 57.3 Å². The van der Waals surface area contributed by atoms with Gasteiger partial charge in [-0.15, -0.1) is 11.3 Å². The van der Waals surface area contributed by atoms with Gasteiger partial charge in [0.2, 0.25) is 0 Å². The summed E-state index contributed by atoms with van der Waals surface area (Å²) in [5.74, 6) is -0.164. The van der Waals surface area contributed by atoms with E-state index >= 15 is 0 Å². The molecule has 1 aromatic carbocycles. The van der Waals surface area contributed by atoms with Crippen LogP contribution in [0.3, 0.4) is 0 Å². The maximum absolute atomic E-state index is 12.4. The minimum Gasteiger partial charge on any atom is -0.294 e. The van der Waals surface area contributed by atoms with Crippen LogP contribution in [0.1, 0.15) is 32.6 Å². The quantitative estimate of drug-likeness (QED) is 0.744. The van der Waals surface area contributed by atoms with Crippen LogP contribution in [0, 0.1) is 0 Å². The highest BCUT2D eigenvalue weighted by Gasteiger charge is 2.30. The van der Waals surface area contributed by atoms with Crippen molar-refractivity contribution < 1.29 is 18.0 Å². The molecular weight excluding hydrogens is 285 g/mol. The molecule has 0 unspecified atom stereocenters. The lowest BCUT2D eigenvalue weighted by molar-refractivity contribution is -0.137. The van der Waals surface area contributed by atoms with Crippen molar-refractivity contribution >= 4 is 17.1 Å². The molecule has 0 atom stereocenters. The first-order valence-corrected chi connectivity index (χ1v) is 7.00. The molecule has 20 heavy (non-hydrogen) atoms. The molecule has 0 bridgehead atoms. The number of halogens is 3. The number of Topliss-reactive ketones (excluding diaryl/α,β-unsaturated/α-hetero) is 1. The van der Waals surface area contributed by atoms with Gasteiger partial charge in [-0.05, 0) is 30.7 Å². The molecule has 0 spiro atoms. The van der Waals surface area contributed by atoms with Crippen LogP contribution >= 0.6 is 11.3 Å². The van der Waals surface area contributed by atoms with E-state index in [0.717, 1.165) is 23.4 Å². The van der Waals surface area contributed by atoms with Gasteiger partial charge in [0, 0.05) is 21.7 Å². The highest BCUT2D eigenvalue weighted by molar-refractivity contribution is 7.12. The summed E-state index contributed by atoms with van der Waals surface area (Å²) < 4.78 is 37.3. The van der Waals surface area contributed by atoms with Crippen LogP contribution < -0.4 is 0 Å². The lowest BCUT2D eigenvalue weighted by Gasteiger charge is -2.06. The number of hydrogen-bond donors (Lipinski definition) is 0. The van der Waals surface area contributed by atoms with E-state index in [-0.39, 0.29) is 12.2 Å². The minimum absolute atomic E-state index is 0.164. The zero-order valence-electron chi connectivity index (χ0n) is 10.8. The summed E-state index contributed by atoms with van der Waals surface area (Å²) in [6.45, 7) is 2.04. The second-order valence-electron chi connectivity index (χ2n) is 4.40. The first kappa shape index (κ1) is 14.8. The van der Waals surface area contributed by atoms with Crippen molar-refractivity contribution in [2.24, 2.45) is 0 Å². The van der Waals surface area contributed by atoms with E-state index in [2.05, 4.69) is 0 Å². The van der Waals surface area contributed by atoms with Gasteiger partial charge in [-0.1, -0.05) is 19.1 Å². The van der Waals surface area contributed by atoms with Crippen molar-refractivity contribution in [2.45, 2.75) is 25.9 Å². The number of ketones is 1. The Kier molecular flexibility index (Phi) is 4.28. The molecule has 1 nitrogen and oxygen atoms in total. The molecular formula is C15H13F3OS. The highest BCUT2D eigenvalue weighted by atomic mass is 32.1. The third-order valence-electron chi connectivity index (χ3n) is 2.93. The Morgan fingerprint density at radius 3 is 2.15 bits per heavy atom. The maximum atomic E-state index is 12.4. The number of alkyl halides is 3. The standard InChI is InChI=1S/C15H13F3OS/c1-2-12-7-8-13(20-12)9-14(19)10-3-5-11(6-4-10)15(16,17)18/h3-8H,2,9H2,1H3. The van der Waals surface area contributed by atoms with Gasteiger partial charge in [0.05, 0.1) is 5.56 Å². The normalized spacial score (nSPS) is 11.6. The Morgan fingerprint density at radius 2 is 1.65 bits per heavy atom. The van der Waals surface area contributed by atoms with Gasteiger partial charge in [0.15, 0.2) is 5.78 Å². The molecule has 2 rings (SSSR count). The van der Waals surface area contributed by atoms with Crippen molar-refractivity contribution in [1.29, 1.82) is 0 Å². The molecule has 0 radical (unpaired) electrons. The van der Waals surface area contributed by atoms with Gasteiger partial charge in [-0.3, -0.25) is 4.79 Å². The lowest BCUT2D eigenvalue weighted by Crippen LogP contribution is -2.07. The number of carbonyl (C=O) groups is 1. The molecule has 0 saturated carbocycles. The zero-order chi connectivity index (χ0) is 14.8. The van der Waals surface area contributed by atoms with Gasteiger partial charge in [-0.2, -0.15) is 13.2 Å². The zero-order valence-corrected chi connectivity index (χ0v) is 11.6. The Labute approximate surface area is 119 Å². The largest absolute Gasteiger partial charge is 0.416 e. The predicted octanol–water partition coefficient (Wildman–Crippen LogP) is 4.75. The smallest absolute Gasteiger partial charge is 0.294 e. The van der Waals surface area contributed by atoms with E-state index in [0.29, 0.717) is 5.56 Å². The Hall–Kier alpha value is -1.62. The molecule has 0 aliphatic rings. The fourth-order valence-electron chi connectivity index (χ4n) is 1.81. The minimum atomic E-state index is -4.37. The van der Waals surface area contributed by atoms with Crippen LogP contribution in [0.4, 0.5) is 13.2 Å². The first-order valence-electron chi connectivity index (χ1n) is 6.18. The molecule has 2 aromatic rings. The number of rotatable bonds is 4. The summed E-state index contributed by atoms with van der Waals surface area (Å²) in [7, 11) is 0. The van der Waals surface area contributed by atoms with Gasteiger partial charge in [-0.25, -0.2) is 0 Å². The summed E-state index contributed by atoms with van der Waals surface area (Å²) in [5, 5.41) is 0. The van der Waals surface area contributed by atoms with Crippen LogP contribution in [0.15, 0.2) is 36.4 Å². The van der Waals surface area contributed by atoms with E-state index < -0.39 is 11.7 Å². The topological polar surface area (TPSA) is 17.1 Å². The molecule has 106 valence electrons. The van der Waals surface area contributed by atoms with Crippen LogP contribution in [0.2, 0.25) is 0 Å². The summed E-state index contributed by atoms with van der Waals surface area (Å²) in [6, 6.07) is 8.22. The Bertz CT molecular complexity index is 596. The summed E-state index contributed by atoms with van der Waals surface area (Å²) in [5.41, 5.74) is -0.428. The van der Waals surface area contributed by atoms with Crippen LogP contribution in [0.5, 0.6) is 0 Å². The molecule has 0 amide bonds. The van der Waals surface area contributed by atoms with Gasteiger partial charge in [0.1, 0.15) is 0 Å². The van der Waals surface area contributed by atoms with Crippen molar-refractivity contribution in [3.63, 3.8) is 0 Å². The van der Waals surface area contributed by atoms with Crippen LogP contribution in [-0.2, 0) is 19.0 Å². The number of aryl methyl sites for hydroxylation is 1. The highest BCUT2D eigenvalue weighted by Crippen LogP contribution is 2.29. The number of carbonyl (C=O) groups excluding carboxylic acids is 1. The molecule has 1 aromatic heterocycles. The molecule has 0 saturated heterocycles. The summed E-state index contributed by atoms with van der Waals surface area (Å²) in [6.07, 6.45) is -3.22. The lowest BCUT2D eigenvalue weighted by atomic mass is 10.1. The first-order chi connectivity index (χ1) is 9.40. The fraction of sp³-hybridized carbons (Fsp3) is 0.267. The average molecular weight is 298 g/mol. The van der Waals surface area contributed by atoms with E-state index in [9.17, 15) is 18.0 Å². The Balaban J connectivity index is 2.09. The summed E-state index contributed by atoms with van der Waals surface area (Å²) >= 11 is 1.56. The molecule has 5 heteroatoms. The molecule has 1 heterocycles. The van der Waals surface area contributed by atoms with Crippen LogP contribution in [-0.4, -0.2) is 5.78 Å². The molecule has 0 aliphatic carbocycles. The SMILES string of the molecule is CCc1ccc(CC(=O)c2ccc(C(F)(F)F)cc2)s1. The van der Waals surface area contributed by atoms with E-state index in [1.165, 1.54) is 17.0 Å². The number of thiophene rings is 1. The second-order valence-corrected chi connectivity index (χ2v) is 5.65. The van der Waals surface area contributed by atoms with Crippen molar-refractivity contribution in [2.75, 3.05) is 0 Å². The maximum Gasteiger partial charge on any atom is 0.416 e. The third-order valence-corrected chi connectivity index (χ3v) is 4.16. The second kappa shape index (κ2) is 5.79. The van der Waals surface area contributed by atoms with Gasteiger partial charge < -0.3 is 0 Å². The van der Waals surface area contributed by atoms with Crippen molar-refractivity contribution in [3.8, 4) is 0 Å². The molecule has 0 aliphatic heterocycles. The average Bonchev–Trinajstić information content (AvgIpc) is 2.85. The molecule has 0 fully saturated rings. The summed E-state index contributed by atoms with van der Waals surface area (Å²) in [4.78, 5) is 14.1. The predicted molar refractivity (Wildman–Crippen MR) is 73.2 cm³/mol. The monoisotopic (exact) mass is 298 g/mol. The van der Waals surface area contributed by atoms with Crippen LogP contribution in [0.25, 0.3) is 0 Å². The Morgan fingerprint density at radius 1 is 1.05 bits per heavy atom. The van der Waals surface area contributed by atoms with Crippen molar-refractivity contribution in [1.82, 2.24) is 0 Å². The van der Waals surface area contributed by atoms with E-state index in [1.54, 1.807) is 11.3 Å². The number of hydrogen-bond acceptors (Lipinski definition) is 2. The molecule has 0 N–H and O–H groups in total. The number of benzene rings is 1. The fourth-order valence-corrected chi connectivity index (χ4v) is 2.77. The van der Waals surface area contributed by atoms with Gasteiger partial charge >= 0.3 is 6.18 Å².